The molecule has 0 saturated heterocycles. The molecule has 3 aromatic heterocycles. The summed E-state index contributed by atoms with van der Waals surface area (Å²) in [7, 11) is -3.54. The van der Waals surface area contributed by atoms with Crippen LogP contribution in [-0.4, -0.2) is 33.1 Å². The number of anilines is 3. The maximum absolute atomic E-state index is 13.8. The number of aromatic nitrogens is 4. The molecule has 0 aliphatic carbocycles. The highest BCUT2D eigenvalue weighted by Gasteiger charge is 2.39. The van der Waals surface area contributed by atoms with Crippen molar-refractivity contribution in [3.63, 3.8) is 0 Å². The number of pyridine rings is 1. The summed E-state index contributed by atoms with van der Waals surface area (Å²) in [4.78, 5) is 18.3. The van der Waals surface area contributed by atoms with Gasteiger partial charge in [-0.25, -0.2) is 15.0 Å². The van der Waals surface area contributed by atoms with Crippen LogP contribution < -0.4 is 10.6 Å². The minimum absolute atomic E-state index is 0.263. The van der Waals surface area contributed by atoms with Gasteiger partial charge < -0.3 is 19.7 Å². The average molecular weight is 525 g/mol. The first-order chi connectivity index (χ1) is 17.4. The zero-order valence-electron chi connectivity index (χ0n) is 20.6. The van der Waals surface area contributed by atoms with Crippen LogP contribution in [0.2, 0.25) is 0 Å². The Morgan fingerprint density at radius 1 is 1.06 bits per heavy atom. The zero-order chi connectivity index (χ0) is 25.5. The van der Waals surface area contributed by atoms with Gasteiger partial charge in [0.1, 0.15) is 0 Å². The van der Waals surface area contributed by atoms with Crippen LogP contribution >= 0.6 is 18.9 Å². The third-order valence-corrected chi connectivity index (χ3v) is 8.79. The summed E-state index contributed by atoms with van der Waals surface area (Å²) >= 11 is 1.42. The number of rotatable bonds is 11. The summed E-state index contributed by atoms with van der Waals surface area (Å²) in [6.07, 6.45) is 5.19. The molecular formula is C25H29N6O3PS. The molecule has 0 radical (unpaired) electrons. The van der Waals surface area contributed by atoms with E-state index in [0.717, 1.165) is 38.8 Å². The van der Waals surface area contributed by atoms with Crippen LogP contribution in [0.4, 0.5) is 17.3 Å². The van der Waals surface area contributed by atoms with Gasteiger partial charge in [-0.05, 0) is 63.6 Å². The second-order valence-corrected chi connectivity index (χ2v) is 10.9. The highest BCUT2D eigenvalue weighted by atomic mass is 32.1. The predicted octanol–water partition coefficient (Wildman–Crippen LogP) is 6.73. The number of benzene rings is 1. The van der Waals surface area contributed by atoms with E-state index in [2.05, 4.69) is 30.6 Å². The predicted molar refractivity (Wildman–Crippen MR) is 144 cm³/mol. The number of hydrogen-bond donors (Lipinski definition) is 2. The molecule has 1 atom stereocenters. The van der Waals surface area contributed by atoms with Gasteiger partial charge in [0.05, 0.1) is 35.0 Å². The van der Waals surface area contributed by atoms with E-state index in [0.29, 0.717) is 5.95 Å². The Morgan fingerprint density at radius 2 is 1.86 bits per heavy atom. The van der Waals surface area contributed by atoms with Gasteiger partial charge in [0.15, 0.2) is 5.78 Å². The Kier molecular flexibility index (Phi) is 8.43. The Morgan fingerprint density at radius 3 is 2.53 bits per heavy atom. The van der Waals surface area contributed by atoms with Crippen molar-refractivity contribution in [2.24, 2.45) is 0 Å². The van der Waals surface area contributed by atoms with Crippen molar-refractivity contribution in [2.45, 2.75) is 33.5 Å². The van der Waals surface area contributed by atoms with Crippen molar-refractivity contribution in [1.29, 1.82) is 0 Å². The maximum atomic E-state index is 13.8. The zero-order valence-corrected chi connectivity index (χ0v) is 22.3. The minimum Gasteiger partial charge on any atom is -0.367 e. The van der Waals surface area contributed by atoms with Gasteiger partial charge in [-0.1, -0.05) is 6.07 Å². The van der Waals surface area contributed by atoms with Gasteiger partial charge in [0, 0.05) is 35.5 Å². The molecule has 0 aliphatic heterocycles. The quantitative estimate of drug-likeness (QED) is 0.206. The molecule has 0 saturated carbocycles. The minimum atomic E-state index is -3.54. The summed E-state index contributed by atoms with van der Waals surface area (Å²) in [5, 5.41) is 6.70. The lowest BCUT2D eigenvalue weighted by Crippen LogP contribution is -2.15. The van der Waals surface area contributed by atoms with Crippen molar-refractivity contribution >= 4 is 36.3 Å². The normalized spacial score (nSPS) is 12.3. The van der Waals surface area contributed by atoms with Crippen LogP contribution in [0.25, 0.3) is 11.3 Å². The van der Waals surface area contributed by atoms with Gasteiger partial charge in [0.2, 0.25) is 5.95 Å². The monoisotopic (exact) mass is 524 g/mol. The summed E-state index contributed by atoms with van der Waals surface area (Å²) in [6, 6.07) is 11.5. The molecule has 36 heavy (non-hydrogen) atoms. The molecule has 1 unspecified atom stereocenters. The second kappa shape index (κ2) is 11.7. The molecule has 9 nitrogen and oxygen atoms in total. The highest BCUT2D eigenvalue weighted by Crippen LogP contribution is 2.61. The van der Waals surface area contributed by atoms with E-state index in [1.807, 2.05) is 50.2 Å². The summed E-state index contributed by atoms with van der Waals surface area (Å²) < 4.78 is 25.2. The first kappa shape index (κ1) is 25.9. The molecular weight excluding hydrogens is 495 g/mol. The Bertz CT molecular complexity index is 1340. The highest BCUT2D eigenvalue weighted by molar-refractivity contribution is 7.54. The molecule has 1 aromatic carbocycles. The van der Waals surface area contributed by atoms with Crippen LogP contribution in [0.1, 0.15) is 35.8 Å². The molecule has 11 heteroatoms. The summed E-state index contributed by atoms with van der Waals surface area (Å²) in [5.74, 6) is -0.244. The van der Waals surface area contributed by atoms with E-state index in [4.69, 9.17) is 9.05 Å². The molecule has 188 valence electrons. The lowest BCUT2D eigenvalue weighted by Gasteiger charge is -2.27. The first-order valence-electron chi connectivity index (χ1n) is 11.6. The van der Waals surface area contributed by atoms with E-state index in [1.54, 1.807) is 37.9 Å². The number of aryl methyl sites for hydroxylation is 2. The third-order valence-electron chi connectivity index (χ3n) is 5.37. The molecule has 0 aliphatic rings. The topological polar surface area (TPSA) is 111 Å². The van der Waals surface area contributed by atoms with Gasteiger partial charge in [-0.15, -0.1) is 11.3 Å². The van der Waals surface area contributed by atoms with Crippen molar-refractivity contribution in [3.8, 4) is 11.3 Å². The Balaban J connectivity index is 1.64. The van der Waals surface area contributed by atoms with Gasteiger partial charge in [-0.2, -0.15) is 0 Å². The fourth-order valence-corrected chi connectivity index (χ4v) is 6.81. The molecule has 0 bridgehead atoms. The molecule has 3 heterocycles. The molecule has 2 N–H and O–H groups in total. The number of hydrogen-bond acceptors (Lipinski definition) is 10. The van der Waals surface area contributed by atoms with Crippen molar-refractivity contribution < 1.29 is 13.6 Å². The van der Waals surface area contributed by atoms with E-state index in [-0.39, 0.29) is 13.2 Å². The summed E-state index contributed by atoms with van der Waals surface area (Å²) in [6.45, 7) is 8.01. The number of nitrogens with one attached hydrogen (secondary N) is 2. The van der Waals surface area contributed by atoms with Gasteiger partial charge in [-0.3, -0.25) is 9.55 Å². The molecule has 4 rings (SSSR count). The molecule has 0 fully saturated rings. The Hall–Kier alpha value is -3.17. The molecule has 0 spiro atoms. The largest absolute Gasteiger partial charge is 0.367 e. The van der Waals surface area contributed by atoms with Crippen molar-refractivity contribution in [3.05, 3.63) is 76.6 Å². The van der Waals surface area contributed by atoms with Crippen molar-refractivity contribution in [2.75, 3.05) is 23.8 Å². The van der Waals surface area contributed by atoms with E-state index < -0.39 is 13.4 Å². The van der Waals surface area contributed by atoms with Crippen LogP contribution in [-0.2, 0) is 13.6 Å². The second-order valence-electron chi connectivity index (χ2n) is 7.89. The SMILES string of the molecule is CCOP(=O)(OCC)C(Nc1ccc(C)c(Nc2nccc(-c3cccnc3)n2)c1)c1scnc1C. The number of nitrogens with zero attached hydrogens (tertiary/aromatic N) is 4. The molecule has 0 amide bonds. The van der Waals surface area contributed by atoms with Crippen LogP contribution in [0, 0.1) is 13.8 Å². The standard InChI is InChI=1S/C25H29N6O3PS/c1-5-33-35(32,34-6-2)24(23-18(4)28-16-36-23)29-20-10-9-17(3)22(14-20)31-25-27-13-11-21(30-25)19-8-7-12-26-15-19/h7-16,24,29H,5-6H2,1-4H3,(H,27,30,31). The average Bonchev–Trinajstić information content (AvgIpc) is 3.30. The van der Waals surface area contributed by atoms with Crippen LogP contribution in [0.15, 0.2) is 60.5 Å². The van der Waals surface area contributed by atoms with Crippen LogP contribution in [0.5, 0.6) is 0 Å². The van der Waals surface area contributed by atoms with E-state index >= 15 is 0 Å². The third kappa shape index (κ3) is 5.96. The van der Waals surface area contributed by atoms with E-state index in [9.17, 15) is 4.57 Å². The first-order valence-corrected chi connectivity index (χ1v) is 14.1. The maximum Gasteiger partial charge on any atom is 0.358 e. The fourth-order valence-electron chi connectivity index (χ4n) is 3.63. The fraction of sp³-hybridized carbons (Fsp3) is 0.280. The lowest BCUT2D eigenvalue weighted by atomic mass is 10.1. The van der Waals surface area contributed by atoms with Gasteiger partial charge >= 0.3 is 7.60 Å². The van der Waals surface area contributed by atoms with Crippen molar-refractivity contribution in [1.82, 2.24) is 19.9 Å². The smallest absolute Gasteiger partial charge is 0.358 e. The van der Waals surface area contributed by atoms with E-state index in [1.165, 1.54) is 11.3 Å². The van der Waals surface area contributed by atoms with Gasteiger partial charge in [0.25, 0.3) is 0 Å². The molecule has 4 aromatic rings. The Labute approximate surface area is 214 Å². The number of thiazole rings is 1. The van der Waals surface area contributed by atoms with Crippen LogP contribution in [0.3, 0.4) is 0 Å². The lowest BCUT2D eigenvalue weighted by molar-refractivity contribution is 0.214. The summed E-state index contributed by atoms with van der Waals surface area (Å²) in [5.41, 5.74) is 6.73.